The van der Waals surface area contributed by atoms with Crippen molar-refractivity contribution in [3.63, 3.8) is 0 Å². The second-order valence-electron chi connectivity index (χ2n) is 1.29. The maximum Gasteiger partial charge on any atom is 0.209 e. The Morgan fingerprint density at radius 1 is 1.43 bits per heavy atom. The SMILES string of the molecule is C=C[SiH](NC)NC. The molecule has 7 heavy (non-hydrogen) atoms. The van der Waals surface area contributed by atoms with E-state index in [2.05, 4.69) is 16.5 Å². The summed E-state index contributed by atoms with van der Waals surface area (Å²) < 4.78 is 0. The normalized spacial score (nSPS) is 9.57. The first-order valence-electron chi connectivity index (χ1n) is 2.32. The molecule has 0 aliphatic rings. The molecule has 0 rings (SSSR count). The lowest BCUT2D eigenvalue weighted by molar-refractivity contribution is 1.10. The number of hydrogen-bond acceptors (Lipinski definition) is 2. The minimum Gasteiger partial charge on any atom is -0.328 e. The largest absolute Gasteiger partial charge is 0.328 e. The van der Waals surface area contributed by atoms with Crippen molar-refractivity contribution in [3.8, 4) is 0 Å². The van der Waals surface area contributed by atoms with Gasteiger partial charge in [-0.15, -0.1) is 6.58 Å². The monoisotopic (exact) mass is 116 g/mol. The summed E-state index contributed by atoms with van der Waals surface area (Å²) in [6.45, 7) is 3.64. The Morgan fingerprint density at radius 3 is 1.86 bits per heavy atom. The van der Waals surface area contributed by atoms with E-state index < -0.39 is 9.12 Å². The summed E-state index contributed by atoms with van der Waals surface area (Å²) in [4.78, 5) is 6.22. The highest BCUT2D eigenvalue weighted by molar-refractivity contribution is 6.58. The molecule has 0 atom stereocenters. The van der Waals surface area contributed by atoms with Gasteiger partial charge in [0.2, 0.25) is 9.12 Å². The Labute approximate surface area is 46.4 Å². The van der Waals surface area contributed by atoms with Gasteiger partial charge >= 0.3 is 0 Å². The van der Waals surface area contributed by atoms with Crippen molar-refractivity contribution >= 4 is 9.12 Å². The third-order valence-electron chi connectivity index (χ3n) is 0.858. The van der Waals surface area contributed by atoms with Crippen molar-refractivity contribution in [2.45, 2.75) is 0 Å². The lowest BCUT2D eigenvalue weighted by Gasteiger charge is -2.03. The summed E-state index contributed by atoms with van der Waals surface area (Å²) in [5.41, 5.74) is 1.94. The summed E-state index contributed by atoms with van der Waals surface area (Å²) in [6, 6.07) is 0. The number of hydrogen-bond donors (Lipinski definition) is 2. The Balaban J connectivity index is 3.16. The number of rotatable bonds is 3. The fourth-order valence-corrected chi connectivity index (χ4v) is 1.14. The molecule has 2 nitrogen and oxygen atoms in total. The molecular weight excluding hydrogens is 104 g/mol. The minimum atomic E-state index is -0.907. The van der Waals surface area contributed by atoms with Crippen LogP contribution < -0.4 is 9.96 Å². The Bertz CT molecular complexity index is 51.7. The van der Waals surface area contributed by atoms with E-state index in [1.54, 1.807) is 0 Å². The van der Waals surface area contributed by atoms with E-state index in [1.165, 1.54) is 0 Å². The van der Waals surface area contributed by atoms with Gasteiger partial charge in [-0.05, 0) is 14.1 Å². The predicted molar refractivity (Wildman–Crippen MR) is 35.5 cm³/mol. The van der Waals surface area contributed by atoms with Gasteiger partial charge in [0.15, 0.2) is 0 Å². The van der Waals surface area contributed by atoms with Gasteiger partial charge in [-0.25, -0.2) is 0 Å². The van der Waals surface area contributed by atoms with Crippen molar-refractivity contribution in [1.82, 2.24) is 9.96 Å². The fraction of sp³-hybridized carbons (Fsp3) is 0.500. The zero-order valence-electron chi connectivity index (χ0n) is 4.86. The van der Waals surface area contributed by atoms with Crippen LogP contribution in [-0.2, 0) is 0 Å². The summed E-state index contributed by atoms with van der Waals surface area (Å²) in [5.74, 6) is 0. The van der Waals surface area contributed by atoms with E-state index in [4.69, 9.17) is 0 Å². The average molecular weight is 116 g/mol. The van der Waals surface area contributed by atoms with Crippen LogP contribution in [-0.4, -0.2) is 23.2 Å². The molecule has 0 saturated carbocycles. The first-order valence-corrected chi connectivity index (χ1v) is 4.14. The van der Waals surface area contributed by atoms with Gasteiger partial charge in [-0.1, -0.05) is 5.70 Å². The second kappa shape index (κ2) is 4.05. The summed E-state index contributed by atoms with van der Waals surface area (Å²) in [6.07, 6.45) is 0. The van der Waals surface area contributed by atoms with E-state index in [0.29, 0.717) is 0 Å². The van der Waals surface area contributed by atoms with Gasteiger partial charge in [0.25, 0.3) is 0 Å². The fourth-order valence-electron chi connectivity index (χ4n) is 0.380. The van der Waals surface area contributed by atoms with Crippen molar-refractivity contribution in [3.05, 3.63) is 12.3 Å². The molecule has 0 aromatic heterocycles. The molecule has 0 aromatic carbocycles. The predicted octanol–water partition coefficient (Wildman–Crippen LogP) is -0.629. The van der Waals surface area contributed by atoms with E-state index in [1.807, 2.05) is 19.8 Å². The molecule has 0 aromatic rings. The Hall–Kier alpha value is -0.123. The standard InChI is InChI=1S/C4H12N2Si/c1-4-7(5-2)6-3/h4-7H,1H2,2-3H3. The molecule has 42 valence electrons. The highest BCUT2D eigenvalue weighted by Crippen LogP contribution is 1.63. The van der Waals surface area contributed by atoms with E-state index in [0.717, 1.165) is 0 Å². The topological polar surface area (TPSA) is 24.1 Å². The molecular formula is C4H12N2Si. The molecule has 0 aliphatic carbocycles. The van der Waals surface area contributed by atoms with Crippen LogP contribution in [0, 0.1) is 0 Å². The van der Waals surface area contributed by atoms with Crippen molar-refractivity contribution in [2.75, 3.05) is 14.1 Å². The highest BCUT2D eigenvalue weighted by atomic mass is 28.3. The molecule has 0 aliphatic heterocycles. The van der Waals surface area contributed by atoms with Crippen molar-refractivity contribution < 1.29 is 0 Å². The first-order chi connectivity index (χ1) is 3.35. The Morgan fingerprint density at radius 2 is 1.86 bits per heavy atom. The van der Waals surface area contributed by atoms with Gasteiger partial charge in [0.1, 0.15) is 0 Å². The first kappa shape index (κ1) is 6.88. The average Bonchev–Trinajstić information content (AvgIpc) is 1.72. The highest BCUT2D eigenvalue weighted by Gasteiger charge is 1.93. The van der Waals surface area contributed by atoms with Crippen LogP contribution in [0.1, 0.15) is 0 Å². The van der Waals surface area contributed by atoms with Crippen LogP contribution in [0.5, 0.6) is 0 Å². The molecule has 0 fully saturated rings. The third kappa shape index (κ3) is 2.56. The van der Waals surface area contributed by atoms with E-state index >= 15 is 0 Å². The molecule has 0 unspecified atom stereocenters. The molecule has 0 bridgehead atoms. The van der Waals surface area contributed by atoms with Gasteiger partial charge in [-0.3, -0.25) is 0 Å². The molecule has 0 heterocycles. The van der Waals surface area contributed by atoms with Gasteiger partial charge in [-0.2, -0.15) is 0 Å². The van der Waals surface area contributed by atoms with Crippen LogP contribution in [0.4, 0.5) is 0 Å². The molecule has 2 N–H and O–H groups in total. The molecule has 3 heteroatoms. The smallest absolute Gasteiger partial charge is 0.209 e. The number of nitrogens with one attached hydrogen (secondary N) is 2. The quantitative estimate of drug-likeness (QED) is 0.480. The minimum absolute atomic E-state index is 0.907. The lowest BCUT2D eigenvalue weighted by atomic mass is 11.3. The van der Waals surface area contributed by atoms with Gasteiger partial charge < -0.3 is 9.96 Å². The van der Waals surface area contributed by atoms with Gasteiger partial charge in [0, 0.05) is 0 Å². The maximum atomic E-state index is 3.64. The zero-order chi connectivity index (χ0) is 5.70. The Kier molecular flexibility index (Phi) is 3.98. The van der Waals surface area contributed by atoms with Crippen LogP contribution in [0.25, 0.3) is 0 Å². The summed E-state index contributed by atoms with van der Waals surface area (Å²) in [5, 5.41) is 0. The molecule has 0 spiro atoms. The van der Waals surface area contributed by atoms with Crippen molar-refractivity contribution in [1.29, 1.82) is 0 Å². The molecule has 0 amide bonds. The molecule has 0 radical (unpaired) electrons. The maximum absolute atomic E-state index is 3.64. The van der Waals surface area contributed by atoms with Crippen LogP contribution >= 0.6 is 0 Å². The van der Waals surface area contributed by atoms with Crippen LogP contribution in [0.2, 0.25) is 0 Å². The van der Waals surface area contributed by atoms with Crippen LogP contribution in [0.15, 0.2) is 12.3 Å². The third-order valence-corrected chi connectivity index (χ3v) is 2.57. The summed E-state index contributed by atoms with van der Waals surface area (Å²) >= 11 is 0. The molecule has 0 saturated heterocycles. The van der Waals surface area contributed by atoms with E-state index in [9.17, 15) is 0 Å². The van der Waals surface area contributed by atoms with Gasteiger partial charge in [0.05, 0.1) is 0 Å². The summed E-state index contributed by atoms with van der Waals surface area (Å²) in [7, 11) is 2.97. The zero-order valence-corrected chi connectivity index (χ0v) is 6.02. The van der Waals surface area contributed by atoms with Crippen molar-refractivity contribution in [2.24, 2.45) is 0 Å². The van der Waals surface area contributed by atoms with E-state index in [-0.39, 0.29) is 0 Å². The second-order valence-corrected chi connectivity index (χ2v) is 3.87. The lowest BCUT2D eigenvalue weighted by Crippen LogP contribution is -2.41. The van der Waals surface area contributed by atoms with Crippen LogP contribution in [0.3, 0.4) is 0 Å².